The van der Waals surface area contributed by atoms with Gasteiger partial charge >= 0.3 is 0 Å². The molecule has 2 aliphatic rings. The SMILES string of the molecule is C.CC[C@@H]1O[C@H](OC)C[C@@H]1O.OC[C@@H]1OC=C[C@@H]1O.[3HH].[U]. The van der Waals surface area contributed by atoms with E-state index in [-0.39, 0.29) is 65.1 Å². The largest absolute Gasteiger partial charge is 0.493 e. The number of aliphatic hydroxyl groups is 3. The van der Waals surface area contributed by atoms with E-state index in [1.165, 1.54) is 12.3 Å². The van der Waals surface area contributed by atoms with Crippen molar-refractivity contribution in [3.8, 4) is 0 Å². The third-order valence-corrected chi connectivity index (χ3v) is 2.94. The van der Waals surface area contributed by atoms with Gasteiger partial charge < -0.3 is 29.5 Å². The first kappa shape index (κ1) is 22.7. The molecular formula is C13H28O6U. The molecule has 7 heteroatoms. The van der Waals surface area contributed by atoms with Crippen LogP contribution in [-0.2, 0) is 14.2 Å². The summed E-state index contributed by atoms with van der Waals surface area (Å²) in [4.78, 5) is 0. The van der Waals surface area contributed by atoms with Crippen LogP contribution in [0.4, 0.5) is 0 Å². The van der Waals surface area contributed by atoms with Crippen molar-refractivity contribution in [3.05, 3.63) is 12.3 Å². The maximum Gasteiger partial charge on any atom is 0.160 e. The van der Waals surface area contributed by atoms with Crippen molar-refractivity contribution in [1.29, 1.82) is 0 Å². The summed E-state index contributed by atoms with van der Waals surface area (Å²) in [6.07, 6.45) is 2.73. The number of methoxy groups -OCH3 is 1. The smallest absolute Gasteiger partial charge is 0.160 e. The molecule has 1 fully saturated rings. The van der Waals surface area contributed by atoms with Gasteiger partial charge in [0.25, 0.3) is 0 Å². The maximum absolute atomic E-state index is 9.29. The van der Waals surface area contributed by atoms with E-state index in [9.17, 15) is 5.11 Å². The molecule has 0 aliphatic carbocycles. The topological polar surface area (TPSA) is 88.4 Å². The van der Waals surface area contributed by atoms with Gasteiger partial charge in [0.15, 0.2) is 12.4 Å². The molecule has 0 unspecified atom stereocenters. The fourth-order valence-electron chi connectivity index (χ4n) is 1.79. The van der Waals surface area contributed by atoms with Crippen molar-refractivity contribution in [1.82, 2.24) is 0 Å². The van der Waals surface area contributed by atoms with Gasteiger partial charge in [-0.25, -0.2) is 0 Å². The predicted octanol–water partition coefficient (Wildman–Crippen LogP) is 0.653. The van der Waals surface area contributed by atoms with Gasteiger partial charge in [0.05, 0.1) is 25.1 Å². The molecule has 0 spiro atoms. The summed E-state index contributed by atoms with van der Waals surface area (Å²) < 4.78 is 15.0. The first-order valence-corrected chi connectivity index (χ1v) is 6.09. The van der Waals surface area contributed by atoms with Crippen molar-refractivity contribution in [2.24, 2.45) is 0 Å². The number of ether oxygens (including phenoxy) is 3. The molecule has 6 nitrogen and oxygen atoms in total. The van der Waals surface area contributed by atoms with E-state index in [0.717, 1.165) is 6.42 Å². The molecule has 0 aromatic carbocycles. The number of aliphatic hydroxyl groups excluding tert-OH is 3. The predicted molar refractivity (Wildman–Crippen MR) is 72.5 cm³/mol. The van der Waals surface area contributed by atoms with Crippen molar-refractivity contribution in [2.45, 2.75) is 57.9 Å². The van der Waals surface area contributed by atoms with Crippen LogP contribution in [0.15, 0.2) is 12.3 Å². The molecule has 1 saturated heterocycles. The molecule has 20 heavy (non-hydrogen) atoms. The Morgan fingerprint density at radius 2 is 2.00 bits per heavy atom. The second kappa shape index (κ2) is 12.0. The van der Waals surface area contributed by atoms with Crippen molar-refractivity contribution < 1.29 is 62.1 Å². The minimum Gasteiger partial charge on any atom is -0.493 e. The van der Waals surface area contributed by atoms with E-state index in [2.05, 4.69) is 0 Å². The first-order valence-electron chi connectivity index (χ1n) is 6.09. The Bertz CT molecular complexity index is 269. The Hall–Kier alpha value is 0.392. The van der Waals surface area contributed by atoms with Crippen LogP contribution in [0.2, 0.25) is 0 Å². The summed E-state index contributed by atoms with van der Waals surface area (Å²) in [7, 11) is 1.59. The Morgan fingerprint density at radius 3 is 2.25 bits per heavy atom. The second-order valence-corrected chi connectivity index (χ2v) is 4.23. The molecule has 0 aromatic rings. The maximum atomic E-state index is 9.29. The third kappa shape index (κ3) is 6.90. The second-order valence-electron chi connectivity index (χ2n) is 4.23. The van der Waals surface area contributed by atoms with Gasteiger partial charge in [0, 0.05) is 46.1 Å². The zero-order chi connectivity index (χ0) is 13.5. The minimum atomic E-state index is -0.625. The zero-order valence-corrected chi connectivity index (χ0v) is 15.4. The van der Waals surface area contributed by atoms with Gasteiger partial charge in [-0.3, -0.25) is 0 Å². The summed E-state index contributed by atoms with van der Waals surface area (Å²) in [6.45, 7) is 1.86. The quantitative estimate of drug-likeness (QED) is 0.507. The normalized spacial score (nSPS) is 34.4. The zero-order valence-electron chi connectivity index (χ0n) is 11.2. The molecule has 0 bridgehead atoms. The minimum absolute atomic E-state index is 0. The van der Waals surface area contributed by atoms with Gasteiger partial charge in [-0.15, -0.1) is 0 Å². The van der Waals surface area contributed by atoms with E-state index in [0.29, 0.717) is 6.42 Å². The van der Waals surface area contributed by atoms with Gasteiger partial charge in [0.1, 0.15) is 6.10 Å². The summed E-state index contributed by atoms with van der Waals surface area (Å²) in [5.41, 5.74) is 0. The van der Waals surface area contributed by atoms with Crippen molar-refractivity contribution >= 4 is 0 Å². The van der Waals surface area contributed by atoms with E-state index >= 15 is 0 Å². The standard InChI is InChI=1S/C7H14O3.C5H8O3.CH4.U.H2/c1-3-6-5(8)4-7(9-2)10-6;6-3-5-4(7)1-2-8-5;;;/h5-8H,3-4H2,1-2H3;1-2,4-7H,3H2;1H4;;1H/t5-,6-,7-;4-,5-;;;/m00.../s1/i;;;;1+2. The summed E-state index contributed by atoms with van der Waals surface area (Å²) in [5.74, 6) is 0. The molecule has 5 atom stereocenters. The van der Waals surface area contributed by atoms with Gasteiger partial charge in [-0.2, -0.15) is 0 Å². The van der Waals surface area contributed by atoms with Crippen LogP contribution in [0, 0.1) is 31.1 Å². The van der Waals surface area contributed by atoms with Gasteiger partial charge in [-0.1, -0.05) is 14.4 Å². The first-order chi connectivity index (χ1) is 8.62. The van der Waals surface area contributed by atoms with E-state index in [4.69, 9.17) is 24.4 Å². The molecule has 120 valence electrons. The monoisotopic (exact) mass is 520 g/mol. The molecule has 0 aromatic heterocycles. The number of rotatable bonds is 3. The number of hydrogen-bond acceptors (Lipinski definition) is 6. The molecule has 2 heterocycles. The van der Waals surface area contributed by atoms with Crippen molar-refractivity contribution in [3.63, 3.8) is 0 Å². The van der Waals surface area contributed by atoms with E-state index < -0.39 is 12.2 Å². The Kier molecular flexibility index (Phi) is 13.6. The molecular weight excluding hydrogens is 490 g/mol. The van der Waals surface area contributed by atoms with Crippen LogP contribution in [0.5, 0.6) is 0 Å². The Labute approximate surface area is 146 Å². The molecule has 0 radical (unpaired) electrons. The van der Waals surface area contributed by atoms with Crippen LogP contribution in [0.1, 0.15) is 28.6 Å². The van der Waals surface area contributed by atoms with Gasteiger partial charge in [0.2, 0.25) is 0 Å². The summed E-state index contributed by atoms with van der Waals surface area (Å²) in [6, 6.07) is 0. The Balaban J connectivity index is -0.000000274. The van der Waals surface area contributed by atoms with Crippen LogP contribution in [-0.4, -0.2) is 59.7 Å². The van der Waals surface area contributed by atoms with Gasteiger partial charge in [-0.05, 0) is 12.5 Å². The molecule has 2 aliphatic heterocycles. The molecule has 3 N–H and O–H groups in total. The Morgan fingerprint density at radius 1 is 1.35 bits per heavy atom. The third-order valence-electron chi connectivity index (χ3n) is 2.94. The molecule has 0 amide bonds. The van der Waals surface area contributed by atoms with Crippen LogP contribution < -0.4 is 0 Å². The van der Waals surface area contributed by atoms with E-state index in [1.807, 2.05) is 6.92 Å². The molecule has 0 saturated carbocycles. The van der Waals surface area contributed by atoms with Crippen LogP contribution in [0.3, 0.4) is 0 Å². The summed E-state index contributed by atoms with van der Waals surface area (Å²) >= 11 is 0. The molecule has 2 rings (SSSR count). The average molecular weight is 520 g/mol. The summed E-state index contributed by atoms with van der Waals surface area (Å²) in [5, 5.41) is 26.5. The number of hydrogen-bond donors (Lipinski definition) is 3. The van der Waals surface area contributed by atoms with Crippen LogP contribution in [0.25, 0.3) is 0 Å². The van der Waals surface area contributed by atoms with E-state index in [1.54, 1.807) is 7.11 Å². The fraction of sp³-hybridized carbons (Fsp3) is 0.846. The fourth-order valence-corrected chi connectivity index (χ4v) is 1.79. The van der Waals surface area contributed by atoms with Crippen LogP contribution >= 0.6 is 0 Å². The average Bonchev–Trinajstić information content (AvgIpc) is 2.95. The van der Waals surface area contributed by atoms with Crippen molar-refractivity contribution in [2.75, 3.05) is 13.7 Å².